The maximum atomic E-state index is 4.61. The van der Waals surface area contributed by atoms with Crippen molar-refractivity contribution in [3.63, 3.8) is 0 Å². The number of hydrogen-bond acceptors (Lipinski definition) is 5. The Morgan fingerprint density at radius 3 is 2.50 bits per heavy atom. The largest absolute Gasteiger partial charge is 0.373 e. The molecule has 2 aromatic heterocycles. The molecule has 2 heterocycles. The SMILES string of the molecule is CNc1nc(C(C)C)nc(NCc2cnn(C)c2)c1C. The second-order valence-corrected chi connectivity index (χ2v) is 5.18. The van der Waals surface area contributed by atoms with E-state index in [1.165, 1.54) is 0 Å². The maximum Gasteiger partial charge on any atom is 0.135 e. The van der Waals surface area contributed by atoms with Gasteiger partial charge in [-0.3, -0.25) is 4.68 Å². The zero-order chi connectivity index (χ0) is 14.7. The molecule has 0 aliphatic heterocycles. The molecular weight excluding hydrogens is 252 g/mol. The second-order valence-electron chi connectivity index (χ2n) is 5.18. The summed E-state index contributed by atoms with van der Waals surface area (Å²) >= 11 is 0. The summed E-state index contributed by atoms with van der Waals surface area (Å²) < 4.78 is 1.79. The highest BCUT2D eigenvalue weighted by Crippen LogP contribution is 2.23. The van der Waals surface area contributed by atoms with Gasteiger partial charge in [0.15, 0.2) is 0 Å². The highest BCUT2D eigenvalue weighted by atomic mass is 15.2. The molecule has 0 saturated carbocycles. The van der Waals surface area contributed by atoms with Crippen molar-refractivity contribution >= 4 is 11.6 Å². The molecule has 2 aromatic rings. The van der Waals surface area contributed by atoms with E-state index in [0.29, 0.717) is 12.5 Å². The zero-order valence-corrected chi connectivity index (χ0v) is 12.7. The fourth-order valence-corrected chi connectivity index (χ4v) is 1.96. The second kappa shape index (κ2) is 5.90. The van der Waals surface area contributed by atoms with Crippen LogP contribution in [0, 0.1) is 6.92 Å². The normalized spacial score (nSPS) is 10.9. The number of aryl methyl sites for hydroxylation is 1. The van der Waals surface area contributed by atoms with Crippen LogP contribution in [0.25, 0.3) is 0 Å². The van der Waals surface area contributed by atoms with Crippen LogP contribution in [0.4, 0.5) is 11.6 Å². The molecule has 0 radical (unpaired) electrons. The first-order chi connectivity index (χ1) is 9.51. The summed E-state index contributed by atoms with van der Waals surface area (Å²) in [5.74, 6) is 2.88. The molecule has 0 saturated heterocycles. The van der Waals surface area contributed by atoms with Gasteiger partial charge in [0.1, 0.15) is 17.5 Å². The van der Waals surface area contributed by atoms with Crippen molar-refractivity contribution in [3.8, 4) is 0 Å². The first-order valence-corrected chi connectivity index (χ1v) is 6.79. The minimum Gasteiger partial charge on any atom is -0.373 e. The Hall–Kier alpha value is -2.11. The van der Waals surface area contributed by atoms with Crippen LogP contribution in [0.5, 0.6) is 0 Å². The standard InChI is InChI=1S/C14H22N6/c1-9(2)12-18-13(15-4)10(3)14(19-12)16-6-11-7-17-20(5)8-11/h7-9H,6H2,1-5H3,(H2,15,16,18,19). The summed E-state index contributed by atoms with van der Waals surface area (Å²) in [6.45, 7) is 6.90. The topological polar surface area (TPSA) is 67.7 Å². The summed E-state index contributed by atoms with van der Waals surface area (Å²) in [7, 11) is 3.79. The Balaban J connectivity index is 2.23. The van der Waals surface area contributed by atoms with Crippen LogP contribution in [-0.4, -0.2) is 26.8 Å². The third-order valence-electron chi connectivity index (χ3n) is 3.13. The van der Waals surface area contributed by atoms with Crippen LogP contribution < -0.4 is 10.6 Å². The summed E-state index contributed by atoms with van der Waals surface area (Å²) in [5, 5.41) is 10.7. The molecule has 0 fully saturated rings. The summed E-state index contributed by atoms with van der Waals surface area (Å²) in [4.78, 5) is 9.14. The van der Waals surface area contributed by atoms with E-state index in [1.54, 1.807) is 4.68 Å². The molecule has 2 N–H and O–H groups in total. The first kappa shape index (κ1) is 14.3. The van der Waals surface area contributed by atoms with E-state index in [2.05, 4.69) is 39.5 Å². The number of nitrogens with zero attached hydrogens (tertiary/aromatic N) is 4. The Kier molecular flexibility index (Phi) is 4.22. The molecule has 0 spiro atoms. The molecule has 0 atom stereocenters. The van der Waals surface area contributed by atoms with Crippen molar-refractivity contribution in [2.45, 2.75) is 33.2 Å². The number of hydrogen-bond donors (Lipinski definition) is 2. The van der Waals surface area contributed by atoms with Gasteiger partial charge in [-0.25, -0.2) is 9.97 Å². The van der Waals surface area contributed by atoms with Gasteiger partial charge in [-0.05, 0) is 6.92 Å². The lowest BCUT2D eigenvalue weighted by Crippen LogP contribution is -2.10. The Morgan fingerprint density at radius 1 is 1.25 bits per heavy atom. The van der Waals surface area contributed by atoms with Gasteiger partial charge in [0, 0.05) is 43.9 Å². The Bertz CT molecular complexity index is 587. The van der Waals surface area contributed by atoms with Crippen LogP contribution in [-0.2, 0) is 13.6 Å². The van der Waals surface area contributed by atoms with Crippen LogP contribution >= 0.6 is 0 Å². The molecule has 0 aliphatic carbocycles. The fourth-order valence-electron chi connectivity index (χ4n) is 1.96. The van der Waals surface area contributed by atoms with Crippen molar-refractivity contribution in [1.29, 1.82) is 0 Å². The fraction of sp³-hybridized carbons (Fsp3) is 0.500. The average molecular weight is 274 g/mol. The van der Waals surface area contributed by atoms with Crippen LogP contribution in [0.15, 0.2) is 12.4 Å². The van der Waals surface area contributed by atoms with E-state index < -0.39 is 0 Å². The Labute approximate surface area is 119 Å². The monoisotopic (exact) mass is 274 g/mol. The van der Waals surface area contributed by atoms with Gasteiger partial charge in [0.2, 0.25) is 0 Å². The number of rotatable bonds is 5. The molecule has 0 bridgehead atoms. The van der Waals surface area contributed by atoms with Crippen LogP contribution in [0.3, 0.4) is 0 Å². The summed E-state index contributed by atoms with van der Waals surface area (Å²) in [6, 6.07) is 0. The quantitative estimate of drug-likeness (QED) is 0.875. The van der Waals surface area contributed by atoms with Gasteiger partial charge >= 0.3 is 0 Å². The van der Waals surface area contributed by atoms with E-state index in [4.69, 9.17) is 0 Å². The van der Waals surface area contributed by atoms with Crippen LogP contribution in [0.2, 0.25) is 0 Å². The molecule has 6 nitrogen and oxygen atoms in total. The lowest BCUT2D eigenvalue weighted by atomic mass is 10.2. The predicted octanol–water partition coefficient (Wildman–Crippen LogP) is 2.30. The van der Waals surface area contributed by atoms with E-state index in [-0.39, 0.29) is 0 Å². The molecule has 20 heavy (non-hydrogen) atoms. The summed E-state index contributed by atoms with van der Waals surface area (Å²) in [6.07, 6.45) is 3.84. The molecule has 0 unspecified atom stereocenters. The van der Waals surface area contributed by atoms with Gasteiger partial charge < -0.3 is 10.6 Å². The van der Waals surface area contributed by atoms with Crippen LogP contribution in [0.1, 0.15) is 36.7 Å². The maximum absolute atomic E-state index is 4.61. The van der Waals surface area contributed by atoms with E-state index >= 15 is 0 Å². The van der Waals surface area contributed by atoms with Gasteiger partial charge in [0.05, 0.1) is 6.20 Å². The van der Waals surface area contributed by atoms with Crippen molar-refractivity contribution in [3.05, 3.63) is 29.3 Å². The highest BCUT2D eigenvalue weighted by molar-refractivity contribution is 5.57. The van der Waals surface area contributed by atoms with E-state index in [1.807, 2.05) is 33.4 Å². The highest BCUT2D eigenvalue weighted by Gasteiger charge is 2.12. The minimum absolute atomic E-state index is 0.293. The molecule has 0 aromatic carbocycles. The summed E-state index contributed by atoms with van der Waals surface area (Å²) in [5.41, 5.74) is 2.16. The zero-order valence-electron chi connectivity index (χ0n) is 12.7. The van der Waals surface area contributed by atoms with Gasteiger partial charge in [-0.15, -0.1) is 0 Å². The molecular formula is C14H22N6. The van der Waals surface area contributed by atoms with Crippen molar-refractivity contribution < 1.29 is 0 Å². The third-order valence-corrected chi connectivity index (χ3v) is 3.13. The number of aromatic nitrogens is 4. The Morgan fingerprint density at radius 2 is 1.95 bits per heavy atom. The smallest absolute Gasteiger partial charge is 0.135 e. The molecule has 0 amide bonds. The number of nitrogens with one attached hydrogen (secondary N) is 2. The minimum atomic E-state index is 0.293. The van der Waals surface area contributed by atoms with Gasteiger partial charge in [0.25, 0.3) is 0 Å². The average Bonchev–Trinajstić information content (AvgIpc) is 2.83. The predicted molar refractivity (Wildman–Crippen MR) is 80.9 cm³/mol. The molecule has 6 heteroatoms. The van der Waals surface area contributed by atoms with Crippen molar-refractivity contribution in [1.82, 2.24) is 19.7 Å². The number of anilines is 2. The van der Waals surface area contributed by atoms with Gasteiger partial charge in [-0.2, -0.15) is 5.10 Å². The third kappa shape index (κ3) is 3.07. The molecule has 108 valence electrons. The molecule has 2 rings (SSSR count). The first-order valence-electron chi connectivity index (χ1n) is 6.79. The van der Waals surface area contributed by atoms with Crippen molar-refractivity contribution in [2.75, 3.05) is 17.7 Å². The lowest BCUT2D eigenvalue weighted by Gasteiger charge is -2.14. The van der Waals surface area contributed by atoms with E-state index in [9.17, 15) is 0 Å². The molecule has 0 aliphatic rings. The van der Waals surface area contributed by atoms with Crippen molar-refractivity contribution in [2.24, 2.45) is 7.05 Å². The van der Waals surface area contributed by atoms with E-state index in [0.717, 1.165) is 28.6 Å². The van der Waals surface area contributed by atoms with Gasteiger partial charge in [-0.1, -0.05) is 13.8 Å². The lowest BCUT2D eigenvalue weighted by molar-refractivity contribution is 0.766.